The van der Waals surface area contributed by atoms with Crippen LogP contribution in [0.25, 0.3) is 0 Å². The van der Waals surface area contributed by atoms with Gasteiger partial charge in [-0.15, -0.1) is 0 Å². The van der Waals surface area contributed by atoms with Crippen LogP contribution in [0.2, 0.25) is 0 Å². The first-order chi connectivity index (χ1) is 11.3. The third-order valence-corrected chi connectivity index (χ3v) is 5.27. The van der Waals surface area contributed by atoms with Crippen molar-refractivity contribution in [3.8, 4) is 0 Å². The van der Waals surface area contributed by atoms with Crippen LogP contribution in [0.15, 0.2) is 48.7 Å². The van der Waals surface area contributed by atoms with Crippen LogP contribution in [-0.2, 0) is 6.54 Å². The highest BCUT2D eigenvalue weighted by Crippen LogP contribution is 2.38. The van der Waals surface area contributed by atoms with Crippen molar-refractivity contribution in [2.45, 2.75) is 50.4 Å². The SMILES string of the molecule is Nc1cccnc1NC1CC2CCC(C1)N2Cc1ccccc1. The van der Waals surface area contributed by atoms with Gasteiger partial charge in [0.25, 0.3) is 0 Å². The summed E-state index contributed by atoms with van der Waals surface area (Å²) in [5.74, 6) is 0.841. The molecule has 1 aromatic carbocycles. The summed E-state index contributed by atoms with van der Waals surface area (Å²) >= 11 is 0. The van der Waals surface area contributed by atoms with Crippen molar-refractivity contribution in [3.63, 3.8) is 0 Å². The maximum absolute atomic E-state index is 6.02. The second-order valence-corrected chi connectivity index (χ2v) is 6.80. The molecular weight excluding hydrogens is 284 g/mol. The minimum absolute atomic E-state index is 0.483. The number of aromatic nitrogens is 1. The van der Waals surface area contributed by atoms with Gasteiger partial charge in [0.05, 0.1) is 5.69 Å². The van der Waals surface area contributed by atoms with Crippen molar-refractivity contribution in [1.82, 2.24) is 9.88 Å². The number of rotatable bonds is 4. The molecule has 4 rings (SSSR count). The number of pyridine rings is 1. The van der Waals surface area contributed by atoms with Gasteiger partial charge in [0.2, 0.25) is 0 Å². The summed E-state index contributed by atoms with van der Waals surface area (Å²) in [6, 6.07) is 16.5. The van der Waals surface area contributed by atoms with E-state index in [4.69, 9.17) is 5.73 Å². The molecule has 0 saturated carbocycles. The van der Waals surface area contributed by atoms with Crippen LogP contribution >= 0.6 is 0 Å². The van der Waals surface area contributed by atoms with Crippen molar-refractivity contribution in [1.29, 1.82) is 0 Å². The molecule has 23 heavy (non-hydrogen) atoms. The van der Waals surface area contributed by atoms with Crippen LogP contribution in [0.4, 0.5) is 11.5 Å². The number of piperidine rings is 1. The molecule has 2 atom stereocenters. The first-order valence-electron chi connectivity index (χ1n) is 8.56. The molecule has 0 aliphatic carbocycles. The van der Waals surface area contributed by atoms with Crippen molar-refractivity contribution in [2.24, 2.45) is 0 Å². The summed E-state index contributed by atoms with van der Waals surface area (Å²) in [7, 11) is 0. The van der Waals surface area contributed by atoms with Crippen LogP contribution in [0, 0.1) is 0 Å². The van der Waals surface area contributed by atoms with Crippen LogP contribution in [-0.4, -0.2) is 28.0 Å². The quantitative estimate of drug-likeness (QED) is 0.910. The molecule has 2 aliphatic heterocycles. The molecule has 3 N–H and O–H groups in total. The number of nitrogen functional groups attached to an aromatic ring is 1. The average molecular weight is 308 g/mol. The summed E-state index contributed by atoms with van der Waals surface area (Å²) in [6.07, 6.45) is 6.79. The highest BCUT2D eigenvalue weighted by molar-refractivity contribution is 5.60. The van der Waals surface area contributed by atoms with E-state index in [1.54, 1.807) is 6.20 Å². The summed E-state index contributed by atoms with van der Waals surface area (Å²) in [6.45, 7) is 1.08. The molecule has 0 amide bonds. The second kappa shape index (κ2) is 6.20. The number of hydrogen-bond acceptors (Lipinski definition) is 4. The number of anilines is 2. The summed E-state index contributed by atoms with van der Waals surface area (Å²) in [5.41, 5.74) is 8.18. The van der Waals surface area contributed by atoms with Crippen molar-refractivity contribution < 1.29 is 0 Å². The monoisotopic (exact) mass is 308 g/mol. The topological polar surface area (TPSA) is 54.2 Å². The molecule has 2 bridgehead atoms. The van der Waals surface area contributed by atoms with Gasteiger partial charge in [-0.25, -0.2) is 4.98 Å². The van der Waals surface area contributed by atoms with Crippen LogP contribution in [0.1, 0.15) is 31.2 Å². The maximum Gasteiger partial charge on any atom is 0.149 e. The number of nitrogens with one attached hydrogen (secondary N) is 1. The van der Waals surface area contributed by atoms with E-state index in [0.717, 1.165) is 18.1 Å². The minimum Gasteiger partial charge on any atom is -0.396 e. The molecule has 2 saturated heterocycles. The fourth-order valence-electron chi connectivity index (χ4n) is 4.18. The largest absolute Gasteiger partial charge is 0.396 e. The van der Waals surface area contributed by atoms with Gasteiger partial charge in [-0.1, -0.05) is 30.3 Å². The van der Waals surface area contributed by atoms with Gasteiger partial charge in [-0.05, 0) is 43.4 Å². The minimum atomic E-state index is 0.483. The number of nitrogens with two attached hydrogens (primary N) is 1. The molecule has 0 spiro atoms. The molecule has 2 fully saturated rings. The second-order valence-electron chi connectivity index (χ2n) is 6.80. The van der Waals surface area contributed by atoms with Gasteiger partial charge < -0.3 is 11.1 Å². The van der Waals surface area contributed by atoms with Gasteiger partial charge in [-0.3, -0.25) is 4.90 Å². The van der Waals surface area contributed by atoms with Gasteiger partial charge in [0.1, 0.15) is 5.82 Å². The zero-order chi connectivity index (χ0) is 15.6. The van der Waals surface area contributed by atoms with E-state index in [-0.39, 0.29) is 0 Å². The summed E-state index contributed by atoms with van der Waals surface area (Å²) in [5, 5.41) is 3.57. The van der Waals surface area contributed by atoms with Gasteiger partial charge >= 0.3 is 0 Å². The van der Waals surface area contributed by atoms with E-state index < -0.39 is 0 Å². The van der Waals surface area contributed by atoms with Crippen LogP contribution in [0.5, 0.6) is 0 Å². The summed E-state index contributed by atoms with van der Waals surface area (Å²) < 4.78 is 0. The Morgan fingerprint density at radius 3 is 2.48 bits per heavy atom. The lowest BCUT2D eigenvalue weighted by Crippen LogP contribution is -2.46. The van der Waals surface area contributed by atoms with E-state index in [9.17, 15) is 0 Å². The first kappa shape index (κ1) is 14.5. The fourth-order valence-corrected chi connectivity index (χ4v) is 4.18. The molecule has 1 aromatic heterocycles. The Morgan fingerprint density at radius 1 is 1.04 bits per heavy atom. The third-order valence-electron chi connectivity index (χ3n) is 5.27. The van der Waals surface area contributed by atoms with Gasteiger partial charge in [0, 0.05) is 30.9 Å². The lowest BCUT2D eigenvalue weighted by Gasteiger charge is -2.39. The van der Waals surface area contributed by atoms with Crippen LogP contribution < -0.4 is 11.1 Å². The molecule has 4 heteroatoms. The molecular formula is C19H24N4. The molecule has 0 radical (unpaired) electrons. The molecule has 3 heterocycles. The Kier molecular flexibility index (Phi) is 3.92. The normalized spacial score (nSPS) is 27.0. The van der Waals surface area contributed by atoms with E-state index in [1.807, 2.05) is 12.1 Å². The van der Waals surface area contributed by atoms with E-state index in [2.05, 4.69) is 45.5 Å². The molecule has 2 unspecified atom stereocenters. The molecule has 2 aromatic rings. The maximum atomic E-state index is 6.02. The lowest BCUT2D eigenvalue weighted by atomic mass is 9.96. The Labute approximate surface area is 137 Å². The van der Waals surface area contributed by atoms with Crippen molar-refractivity contribution >= 4 is 11.5 Å². The Bertz CT molecular complexity index is 643. The Hall–Kier alpha value is -2.07. The predicted octanol–water partition coefficient (Wildman–Crippen LogP) is 3.27. The number of hydrogen-bond donors (Lipinski definition) is 2. The summed E-state index contributed by atoms with van der Waals surface area (Å²) in [4.78, 5) is 7.08. The fraction of sp³-hybridized carbons (Fsp3) is 0.421. The van der Waals surface area contributed by atoms with E-state index in [0.29, 0.717) is 18.1 Å². The molecule has 120 valence electrons. The smallest absolute Gasteiger partial charge is 0.149 e. The van der Waals surface area contributed by atoms with Crippen molar-refractivity contribution in [2.75, 3.05) is 11.1 Å². The predicted molar refractivity (Wildman–Crippen MR) is 94.1 cm³/mol. The number of nitrogens with zero attached hydrogens (tertiary/aromatic N) is 2. The van der Waals surface area contributed by atoms with Crippen LogP contribution in [0.3, 0.4) is 0 Å². The average Bonchev–Trinajstić information content (AvgIpc) is 2.81. The highest BCUT2D eigenvalue weighted by Gasteiger charge is 2.40. The van der Waals surface area contributed by atoms with E-state index >= 15 is 0 Å². The number of benzene rings is 1. The zero-order valence-electron chi connectivity index (χ0n) is 13.4. The standard InChI is InChI=1S/C19H24N4/c20-18-7-4-10-21-19(18)22-15-11-16-8-9-17(12-15)23(16)13-14-5-2-1-3-6-14/h1-7,10,15-17H,8-9,11-13,20H2,(H,21,22). The zero-order valence-corrected chi connectivity index (χ0v) is 13.4. The number of fused-ring (bicyclic) bond motifs is 2. The third kappa shape index (κ3) is 3.04. The Morgan fingerprint density at radius 2 is 1.78 bits per heavy atom. The van der Waals surface area contributed by atoms with Crippen molar-refractivity contribution in [3.05, 3.63) is 54.2 Å². The molecule has 2 aliphatic rings. The lowest BCUT2D eigenvalue weighted by molar-refractivity contribution is 0.124. The van der Waals surface area contributed by atoms with Gasteiger partial charge in [0.15, 0.2) is 0 Å². The van der Waals surface area contributed by atoms with Gasteiger partial charge in [-0.2, -0.15) is 0 Å². The molecule has 4 nitrogen and oxygen atoms in total. The highest BCUT2D eigenvalue weighted by atomic mass is 15.2. The first-order valence-corrected chi connectivity index (χ1v) is 8.56. The van der Waals surface area contributed by atoms with E-state index in [1.165, 1.54) is 31.2 Å². The Balaban J connectivity index is 1.43.